The van der Waals surface area contributed by atoms with Crippen LogP contribution in [-0.2, 0) is 4.79 Å². The zero-order valence-electron chi connectivity index (χ0n) is 8.01. The number of amides is 1. The minimum atomic E-state index is -1.04. The maximum absolute atomic E-state index is 11.5. The molecule has 1 aliphatic rings. The van der Waals surface area contributed by atoms with Crippen molar-refractivity contribution in [1.29, 1.82) is 0 Å². The summed E-state index contributed by atoms with van der Waals surface area (Å²) in [6.07, 6.45) is 4.08. The maximum Gasteiger partial charge on any atom is 0.337 e. The van der Waals surface area contributed by atoms with Gasteiger partial charge >= 0.3 is 5.97 Å². The first-order chi connectivity index (χ1) is 7.20. The fraction of sp³-hybridized carbons (Fsp3) is 0.300. The van der Waals surface area contributed by atoms with E-state index in [4.69, 9.17) is 5.11 Å². The third kappa shape index (κ3) is 1.68. The first kappa shape index (κ1) is 9.64. The second kappa shape index (κ2) is 3.68. The van der Waals surface area contributed by atoms with Crippen molar-refractivity contribution in [2.24, 2.45) is 0 Å². The number of nitrogens with zero attached hydrogens (tertiary/aromatic N) is 2. The number of carbonyl (C=O) groups is 2. The second-order valence-corrected chi connectivity index (χ2v) is 3.35. The van der Waals surface area contributed by atoms with Crippen LogP contribution >= 0.6 is 0 Å². The van der Waals surface area contributed by atoms with Crippen molar-refractivity contribution in [3.05, 3.63) is 24.0 Å². The molecule has 0 saturated carbocycles. The van der Waals surface area contributed by atoms with Crippen LogP contribution < -0.4 is 4.90 Å². The molecule has 0 atom stereocenters. The van der Waals surface area contributed by atoms with Crippen LogP contribution in [0.15, 0.2) is 18.5 Å². The van der Waals surface area contributed by atoms with Gasteiger partial charge in [-0.05, 0) is 12.5 Å². The Morgan fingerprint density at radius 3 is 2.93 bits per heavy atom. The van der Waals surface area contributed by atoms with Crippen molar-refractivity contribution in [2.45, 2.75) is 12.8 Å². The van der Waals surface area contributed by atoms with Crippen LogP contribution in [0.1, 0.15) is 23.2 Å². The molecule has 2 rings (SSSR count). The molecule has 1 aliphatic heterocycles. The van der Waals surface area contributed by atoms with Gasteiger partial charge in [-0.1, -0.05) is 0 Å². The van der Waals surface area contributed by atoms with Crippen molar-refractivity contribution < 1.29 is 14.7 Å². The van der Waals surface area contributed by atoms with E-state index in [-0.39, 0.29) is 11.5 Å². The van der Waals surface area contributed by atoms with Crippen LogP contribution in [0.5, 0.6) is 0 Å². The van der Waals surface area contributed by atoms with E-state index in [2.05, 4.69) is 4.98 Å². The second-order valence-electron chi connectivity index (χ2n) is 3.35. The third-order valence-electron chi connectivity index (χ3n) is 2.39. The first-order valence-electron chi connectivity index (χ1n) is 4.68. The number of hydrogen-bond donors (Lipinski definition) is 1. The Labute approximate surface area is 86.3 Å². The van der Waals surface area contributed by atoms with E-state index >= 15 is 0 Å². The number of aromatic carboxylic acids is 1. The van der Waals surface area contributed by atoms with E-state index in [1.165, 1.54) is 23.4 Å². The molecule has 1 aromatic rings. The highest BCUT2D eigenvalue weighted by Crippen LogP contribution is 2.24. The van der Waals surface area contributed by atoms with Gasteiger partial charge in [0.2, 0.25) is 5.91 Å². The van der Waals surface area contributed by atoms with Gasteiger partial charge < -0.3 is 10.0 Å². The summed E-state index contributed by atoms with van der Waals surface area (Å²) in [6, 6.07) is 1.41. The number of carboxylic acids is 1. The molecule has 1 aromatic heterocycles. The maximum atomic E-state index is 11.5. The molecule has 0 aromatic carbocycles. The van der Waals surface area contributed by atoms with Crippen molar-refractivity contribution >= 4 is 17.6 Å². The number of carboxylic acid groups (broad SMARTS) is 1. The summed E-state index contributed by atoms with van der Waals surface area (Å²) < 4.78 is 0. The van der Waals surface area contributed by atoms with Gasteiger partial charge in [0.05, 0.1) is 17.4 Å². The van der Waals surface area contributed by atoms with Crippen molar-refractivity contribution in [1.82, 2.24) is 4.98 Å². The molecule has 5 nitrogen and oxygen atoms in total. The summed E-state index contributed by atoms with van der Waals surface area (Å²) >= 11 is 0. The Kier molecular flexibility index (Phi) is 2.37. The highest BCUT2D eigenvalue weighted by molar-refractivity contribution is 6.02. The lowest BCUT2D eigenvalue weighted by Crippen LogP contribution is -2.25. The average Bonchev–Trinajstić information content (AvgIpc) is 2.64. The van der Waals surface area contributed by atoms with Gasteiger partial charge in [-0.2, -0.15) is 0 Å². The minimum Gasteiger partial charge on any atom is -0.478 e. The Balaban J connectivity index is 2.42. The summed E-state index contributed by atoms with van der Waals surface area (Å²) in [5.74, 6) is -1.07. The number of hydrogen-bond acceptors (Lipinski definition) is 3. The van der Waals surface area contributed by atoms with E-state index in [9.17, 15) is 9.59 Å². The highest BCUT2D eigenvalue weighted by atomic mass is 16.4. The van der Waals surface area contributed by atoms with Crippen LogP contribution in [-0.4, -0.2) is 28.5 Å². The third-order valence-corrected chi connectivity index (χ3v) is 2.39. The monoisotopic (exact) mass is 206 g/mol. The average molecular weight is 206 g/mol. The largest absolute Gasteiger partial charge is 0.478 e. The summed E-state index contributed by atoms with van der Waals surface area (Å²) in [6.45, 7) is 0.574. The van der Waals surface area contributed by atoms with Crippen molar-refractivity contribution in [3.8, 4) is 0 Å². The van der Waals surface area contributed by atoms with Crippen LogP contribution in [0, 0.1) is 0 Å². The molecule has 1 fully saturated rings. The molecule has 2 heterocycles. The predicted octanol–water partition coefficient (Wildman–Crippen LogP) is 0.907. The van der Waals surface area contributed by atoms with Gasteiger partial charge in [0.25, 0.3) is 0 Å². The molecular formula is C10H10N2O3. The molecule has 0 bridgehead atoms. The standard InChI is InChI=1S/C10H10N2O3/c13-9-2-1-5-12(9)8-6-11-4-3-7(8)10(14)15/h3-4,6H,1-2,5H2,(H,14,15). The molecular weight excluding hydrogens is 196 g/mol. The molecule has 1 saturated heterocycles. The fourth-order valence-corrected chi connectivity index (χ4v) is 1.68. The number of aromatic nitrogens is 1. The van der Waals surface area contributed by atoms with Gasteiger partial charge in [0.1, 0.15) is 0 Å². The van der Waals surface area contributed by atoms with Gasteiger partial charge in [-0.3, -0.25) is 9.78 Å². The summed E-state index contributed by atoms with van der Waals surface area (Å²) in [5.41, 5.74) is 0.521. The number of anilines is 1. The highest BCUT2D eigenvalue weighted by Gasteiger charge is 2.25. The van der Waals surface area contributed by atoms with Crippen molar-refractivity contribution in [2.75, 3.05) is 11.4 Å². The van der Waals surface area contributed by atoms with E-state index < -0.39 is 5.97 Å². The quantitative estimate of drug-likeness (QED) is 0.780. The molecule has 0 radical (unpaired) electrons. The minimum absolute atomic E-state index is 0.0366. The SMILES string of the molecule is O=C(O)c1ccncc1N1CCCC1=O. The molecule has 1 amide bonds. The Bertz CT molecular complexity index is 417. The van der Waals surface area contributed by atoms with E-state index in [0.29, 0.717) is 18.7 Å². The lowest BCUT2D eigenvalue weighted by atomic mass is 10.2. The molecule has 0 aliphatic carbocycles. The Hall–Kier alpha value is -1.91. The number of carbonyl (C=O) groups excluding carboxylic acids is 1. The summed E-state index contributed by atoms with van der Waals surface area (Å²) in [7, 11) is 0. The van der Waals surface area contributed by atoms with E-state index in [1.807, 2.05) is 0 Å². The lowest BCUT2D eigenvalue weighted by Gasteiger charge is -2.16. The van der Waals surface area contributed by atoms with Crippen LogP contribution in [0.2, 0.25) is 0 Å². The van der Waals surface area contributed by atoms with Gasteiger partial charge in [-0.15, -0.1) is 0 Å². The predicted molar refractivity (Wildman–Crippen MR) is 52.8 cm³/mol. The van der Waals surface area contributed by atoms with Crippen LogP contribution in [0.4, 0.5) is 5.69 Å². The summed E-state index contributed by atoms with van der Waals surface area (Å²) in [4.78, 5) is 27.7. The molecule has 5 heteroatoms. The smallest absolute Gasteiger partial charge is 0.337 e. The van der Waals surface area contributed by atoms with Gasteiger partial charge in [0, 0.05) is 19.2 Å². The molecule has 15 heavy (non-hydrogen) atoms. The van der Waals surface area contributed by atoms with Crippen LogP contribution in [0.3, 0.4) is 0 Å². The van der Waals surface area contributed by atoms with Gasteiger partial charge in [0.15, 0.2) is 0 Å². The normalized spacial score (nSPS) is 15.7. The molecule has 0 spiro atoms. The van der Waals surface area contributed by atoms with E-state index in [0.717, 1.165) is 6.42 Å². The Morgan fingerprint density at radius 2 is 2.33 bits per heavy atom. The van der Waals surface area contributed by atoms with Crippen LogP contribution in [0.25, 0.3) is 0 Å². The molecule has 78 valence electrons. The zero-order valence-corrected chi connectivity index (χ0v) is 8.01. The van der Waals surface area contributed by atoms with Gasteiger partial charge in [-0.25, -0.2) is 4.79 Å². The number of rotatable bonds is 2. The fourth-order valence-electron chi connectivity index (χ4n) is 1.68. The Morgan fingerprint density at radius 1 is 1.53 bits per heavy atom. The lowest BCUT2D eigenvalue weighted by molar-refractivity contribution is -0.117. The topological polar surface area (TPSA) is 70.5 Å². The summed E-state index contributed by atoms with van der Waals surface area (Å²) in [5, 5.41) is 8.95. The molecule has 0 unspecified atom stereocenters. The number of pyridine rings is 1. The first-order valence-corrected chi connectivity index (χ1v) is 4.68. The molecule has 1 N–H and O–H groups in total. The van der Waals surface area contributed by atoms with Crippen molar-refractivity contribution in [3.63, 3.8) is 0 Å². The zero-order chi connectivity index (χ0) is 10.8. The van der Waals surface area contributed by atoms with E-state index in [1.54, 1.807) is 0 Å².